The fourth-order valence-corrected chi connectivity index (χ4v) is 2.33. The first-order valence-corrected chi connectivity index (χ1v) is 8.88. The van der Waals surface area contributed by atoms with Crippen LogP contribution in [0.25, 0.3) is 0 Å². The highest BCUT2D eigenvalue weighted by atomic mass is 127. The molecule has 1 rings (SSSR count). The average molecular weight is 460 g/mol. The summed E-state index contributed by atoms with van der Waals surface area (Å²) in [6, 6.07) is 7.91. The number of anilines is 1. The molecule has 1 aromatic rings. The molecule has 25 heavy (non-hydrogen) atoms. The van der Waals surface area contributed by atoms with Crippen LogP contribution in [0.4, 0.5) is 5.69 Å². The van der Waals surface area contributed by atoms with E-state index in [4.69, 9.17) is 0 Å². The van der Waals surface area contributed by atoms with E-state index in [0.29, 0.717) is 18.9 Å². The van der Waals surface area contributed by atoms with Gasteiger partial charge in [0, 0.05) is 32.2 Å². The number of carbonyl (C=O) groups is 1. The van der Waals surface area contributed by atoms with Crippen LogP contribution in [-0.2, 0) is 11.3 Å². The van der Waals surface area contributed by atoms with E-state index in [1.807, 2.05) is 38.1 Å². The highest BCUT2D eigenvalue weighted by Crippen LogP contribution is 2.12. The Labute approximate surface area is 169 Å². The Morgan fingerprint density at radius 1 is 1.20 bits per heavy atom. The van der Waals surface area contributed by atoms with E-state index in [1.165, 1.54) is 12.8 Å². The van der Waals surface area contributed by atoms with Crippen LogP contribution in [0.1, 0.15) is 52.0 Å². The molecule has 0 heterocycles. The summed E-state index contributed by atoms with van der Waals surface area (Å²) in [6.45, 7) is 7.87. The molecule has 1 aromatic carbocycles. The molecule has 0 radical (unpaired) electrons. The van der Waals surface area contributed by atoms with Crippen molar-refractivity contribution < 1.29 is 4.79 Å². The second kappa shape index (κ2) is 13.9. The van der Waals surface area contributed by atoms with Gasteiger partial charge in [0.2, 0.25) is 5.91 Å². The van der Waals surface area contributed by atoms with Crippen LogP contribution < -0.4 is 16.0 Å². The summed E-state index contributed by atoms with van der Waals surface area (Å²) >= 11 is 0. The van der Waals surface area contributed by atoms with Crippen molar-refractivity contribution in [3.8, 4) is 0 Å². The monoisotopic (exact) mass is 460 g/mol. The number of nitrogens with zero attached hydrogens (tertiary/aromatic N) is 1. The predicted octanol–water partition coefficient (Wildman–Crippen LogP) is 4.14. The number of unbranched alkanes of at least 4 members (excludes halogenated alkanes) is 2. The summed E-state index contributed by atoms with van der Waals surface area (Å²) in [5, 5.41) is 9.56. The Bertz CT molecular complexity index is 532. The van der Waals surface area contributed by atoms with Gasteiger partial charge in [0.25, 0.3) is 0 Å². The Hall–Kier alpha value is -1.31. The van der Waals surface area contributed by atoms with Crippen molar-refractivity contribution in [3.05, 3.63) is 29.8 Å². The van der Waals surface area contributed by atoms with Gasteiger partial charge in [-0.05, 0) is 30.0 Å². The third-order valence-corrected chi connectivity index (χ3v) is 3.56. The van der Waals surface area contributed by atoms with E-state index in [2.05, 4.69) is 27.9 Å². The van der Waals surface area contributed by atoms with E-state index < -0.39 is 0 Å². The maximum atomic E-state index is 11.9. The highest BCUT2D eigenvalue weighted by Gasteiger charge is 2.06. The molecule has 0 atom stereocenters. The van der Waals surface area contributed by atoms with Crippen molar-refractivity contribution in [3.63, 3.8) is 0 Å². The molecule has 0 aromatic heterocycles. The van der Waals surface area contributed by atoms with Crippen LogP contribution in [-0.4, -0.2) is 25.5 Å². The average Bonchev–Trinajstić information content (AvgIpc) is 2.53. The van der Waals surface area contributed by atoms with Gasteiger partial charge in [0.05, 0.1) is 0 Å². The van der Waals surface area contributed by atoms with Crippen LogP contribution in [0, 0.1) is 5.92 Å². The number of aliphatic imine (C=N–C) groups is 1. The summed E-state index contributed by atoms with van der Waals surface area (Å²) in [4.78, 5) is 16.1. The first kappa shape index (κ1) is 23.7. The normalized spacial score (nSPS) is 11.0. The number of nitrogens with one attached hydrogen (secondary N) is 3. The van der Waals surface area contributed by atoms with Crippen LogP contribution in [0.5, 0.6) is 0 Å². The molecular formula is C19H33IN4O. The molecule has 0 aliphatic carbocycles. The smallest absolute Gasteiger partial charge is 0.224 e. The third kappa shape index (κ3) is 11.0. The summed E-state index contributed by atoms with van der Waals surface area (Å²) in [5.74, 6) is 1.22. The van der Waals surface area contributed by atoms with Gasteiger partial charge in [-0.15, -0.1) is 24.0 Å². The van der Waals surface area contributed by atoms with Gasteiger partial charge < -0.3 is 16.0 Å². The third-order valence-electron chi connectivity index (χ3n) is 3.56. The van der Waals surface area contributed by atoms with Crippen molar-refractivity contribution in [2.75, 3.05) is 18.9 Å². The molecule has 142 valence electrons. The first-order valence-electron chi connectivity index (χ1n) is 8.88. The van der Waals surface area contributed by atoms with E-state index >= 15 is 0 Å². The van der Waals surface area contributed by atoms with E-state index in [-0.39, 0.29) is 29.9 Å². The van der Waals surface area contributed by atoms with Crippen molar-refractivity contribution in [2.45, 2.75) is 53.0 Å². The van der Waals surface area contributed by atoms with Gasteiger partial charge in [-0.1, -0.05) is 45.7 Å². The molecule has 0 fully saturated rings. The van der Waals surface area contributed by atoms with E-state index in [9.17, 15) is 4.79 Å². The number of benzene rings is 1. The largest absolute Gasteiger partial charge is 0.356 e. The molecule has 0 spiro atoms. The van der Waals surface area contributed by atoms with Gasteiger partial charge in [0.1, 0.15) is 0 Å². The summed E-state index contributed by atoms with van der Waals surface area (Å²) in [6.07, 6.45) is 4.12. The topological polar surface area (TPSA) is 65.5 Å². The number of amides is 1. The second-order valence-electron chi connectivity index (χ2n) is 6.41. The van der Waals surface area contributed by atoms with Gasteiger partial charge in [0.15, 0.2) is 5.96 Å². The molecule has 6 heteroatoms. The van der Waals surface area contributed by atoms with Crippen molar-refractivity contribution in [1.29, 1.82) is 0 Å². The lowest BCUT2D eigenvalue weighted by molar-refractivity contribution is -0.116. The lowest BCUT2D eigenvalue weighted by Crippen LogP contribution is -2.37. The summed E-state index contributed by atoms with van der Waals surface area (Å²) < 4.78 is 0. The zero-order valence-electron chi connectivity index (χ0n) is 15.9. The van der Waals surface area contributed by atoms with Crippen LogP contribution in [0.15, 0.2) is 29.3 Å². The van der Waals surface area contributed by atoms with Crippen LogP contribution in [0.2, 0.25) is 0 Å². The Morgan fingerprint density at radius 3 is 2.60 bits per heavy atom. The standard InChI is InChI=1S/C19H32N4O.HI/c1-5-6-7-11-21-19(20-4)22-14-16-9-8-10-17(13-16)23-18(24)12-15(2)3;/h8-10,13,15H,5-7,11-12,14H2,1-4H3,(H,23,24)(H2,20,21,22);1H. The minimum absolute atomic E-state index is 0. The summed E-state index contributed by atoms with van der Waals surface area (Å²) in [5.41, 5.74) is 1.94. The van der Waals surface area contributed by atoms with Crippen LogP contribution in [0.3, 0.4) is 0 Å². The zero-order chi connectivity index (χ0) is 17.8. The Morgan fingerprint density at radius 2 is 1.96 bits per heavy atom. The maximum Gasteiger partial charge on any atom is 0.224 e. The number of rotatable bonds is 9. The van der Waals surface area contributed by atoms with Gasteiger partial charge in [-0.3, -0.25) is 9.79 Å². The van der Waals surface area contributed by atoms with Crippen molar-refractivity contribution in [1.82, 2.24) is 10.6 Å². The molecule has 0 saturated heterocycles. The maximum absolute atomic E-state index is 11.9. The summed E-state index contributed by atoms with van der Waals surface area (Å²) in [7, 11) is 1.78. The molecular weight excluding hydrogens is 427 g/mol. The number of carbonyl (C=O) groups excluding carboxylic acids is 1. The first-order chi connectivity index (χ1) is 11.5. The molecule has 1 amide bonds. The number of hydrogen-bond acceptors (Lipinski definition) is 2. The fourth-order valence-electron chi connectivity index (χ4n) is 2.33. The molecule has 0 aliphatic heterocycles. The highest BCUT2D eigenvalue weighted by molar-refractivity contribution is 14.0. The van der Waals surface area contributed by atoms with Gasteiger partial charge in [-0.25, -0.2) is 0 Å². The Kier molecular flexibility index (Phi) is 13.2. The molecule has 0 unspecified atom stereocenters. The van der Waals surface area contributed by atoms with Gasteiger partial charge >= 0.3 is 0 Å². The molecule has 5 nitrogen and oxygen atoms in total. The van der Waals surface area contributed by atoms with E-state index in [1.54, 1.807) is 7.05 Å². The lowest BCUT2D eigenvalue weighted by Gasteiger charge is -2.13. The number of guanidine groups is 1. The number of halogens is 1. The van der Waals surface area contributed by atoms with Gasteiger partial charge in [-0.2, -0.15) is 0 Å². The minimum atomic E-state index is 0. The molecule has 0 bridgehead atoms. The zero-order valence-corrected chi connectivity index (χ0v) is 18.2. The quantitative estimate of drug-likeness (QED) is 0.225. The Balaban J connectivity index is 0.00000576. The lowest BCUT2D eigenvalue weighted by atomic mass is 10.1. The molecule has 3 N–H and O–H groups in total. The SMILES string of the molecule is CCCCCNC(=NC)NCc1cccc(NC(=O)CC(C)C)c1.I. The minimum Gasteiger partial charge on any atom is -0.356 e. The van der Waals surface area contributed by atoms with Crippen molar-refractivity contribution in [2.24, 2.45) is 10.9 Å². The van der Waals surface area contributed by atoms with Crippen LogP contribution >= 0.6 is 24.0 Å². The number of hydrogen-bond donors (Lipinski definition) is 3. The van der Waals surface area contributed by atoms with Crippen molar-refractivity contribution >= 4 is 41.5 Å². The molecule has 0 saturated carbocycles. The predicted molar refractivity (Wildman–Crippen MR) is 118 cm³/mol. The molecule has 0 aliphatic rings. The fraction of sp³-hybridized carbons (Fsp3) is 0.579. The second-order valence-corrected chi connectivity index (χ2v) is 6.41. The van der Waals surface area contributed by atoms with E-state index in [0.717, 1.165) is 30.2 Å².